The normalized spacial score (nSPS) is 10.3. The Morgan fingerprint density at radius 1 is 1.06 bits per heavy atom. The van der Waals surface area contributed by atoms with Gasteiger partial charge in [0, 0.05) is 16.1 Å². The third-order valence-corrected chi connectivity index (χ3v) is 2.95. The average molecular weight is 245 g/mol. The van der Waals surface area contributed by atoms with Gasteiger partial charge < -0.3 is 0 Å². The molecule has 1 nitrogen and oxygen atoms in total. The molecule has 0 aliphatic rings. The molecular formula is C15H13ClO. The van der Waals surface area contributed by atoms with Gasteiger partial charge in [0.1, 0.15) is 0 Å². The summed E-state index contributed by atoms with van der Waals surface area (Å²) in [6.45, 7) is 3.88. The summed E-state index contributed by atoms with van der Waals surface area (Å²) in [7, 11) is 0. The van der Waals surface area contributed by atoms with Crippen LogP contribution < -0.4 is 0 Å². The second-order valence-electron chi connectivity index (χ2n) is 4.16. The van der Waals surface area contributed by atoms with Gasteiger partial charge in [-0.15, -0.1) is 0 Å². The Labute approximate surface area is 106 Å². The molecular weight excluding hydrogens is 232 g/mol. The molecule has 0 aromatic heterocycles. The van der Waals surface area contributed by atoms with Gasteiger partial charge in [-0.25, -0.2) is 0 Å². The molecule has 0 heterocycles. The maximum Gasteiger partial charge on any atom is 0.193 e. The molecule has 0 fully saturated rings. The minimum absolute atomic E-state index is 0.0443. The van der Waals surface area contributed by atoms with Crippen molar-refractivity contribution in [2.75, 3.05) is 0 Å². The lowest BCUT2D eigenvalue weighted by Gasteiger charge is -2.06. The molecule has 0 radical (unpaired) electrons. The van der Waals surface area contributed by atoms with Gasteiger partial charge in [0.2, 0.25) is 0 Å². The molecule has 86 valence electrons. The zero-order chi connectivity index (χ0) is 12.4. The van der Waals surface area contributed by atoms with E-state index >= 15 is 0 Å². The fourth-order valence-electron chi connectivity index (χ4n) is 1.82. The molecule has 2 aromatic rings. The van der Waals surface area contributed by atoms with E-state index in [-0.39, 0.29) is 5.78 Å². The van der Waals surface area contributed by atoms with Gasteiger partial charge in [0.05, 0.1) is 0 Å². The minimum atomic E-state index is 0.0443. The summed E-state index contributed by atoms with van der Waals surface area (Å²) in [6.07, 6.45) is 0. The zero-order valence-electron chi connectivity index (χ0n) is 9.83. The van der Waals surface area contributed by atoms with Gasteiger partial charge >= 0.3 is 0 Å². The van der Waals surface area contributed by atoms with Crippen molar-refractivity contribution in [1.82, 2.24) is 0 Å². The number of hydrogen-bond acceptors (Lipinski definition) is 1. The van der Waals surface area contributed by atoms with Gasteiger partial charge in [0.15, 0.2) is 5.78 Å². The van der Waals surface area contributed by atoms with Gasteiger partial charge in [-0.1, -0.05) is 35.4 Å². The van der Waals surface area contributed by atoms with E-state index in [0.717, 1.165) is 16.7 Å². The zero-order valence-corrected chi connectivity index (χ0v) is 10.6. The molecule has 0 saturated heterocycles. The minimum Gasteiger partial charge on any atom is -0.289 e. The number of benzene rings is 2. The Balaban J connectivity index is 2.44. The Morgan fingerprint density at radius 2 is 1.82 bits per heavy atom. The van der Waals surface area contributed by atoms with E-state index < -0.39 is 0 Å². The Bertz CT molecular complexity index is 573. The molecule has 0 unspecified atom stereocenters. The lowest BCUT2D eigenvalue weighted by atomic mass is 9.98. The molecule has 0 aliphatic heterocycles. The highest BCUT2D eigenvalue weighted by atomic mass is 35.5. The first kappa shape index (κ1) is 11.9. The maximum atomic E-state index is 12.3. The number of hydrogen-bond donors (Lipinski definition) is 0. The van der Waals surface area contributed by atoms with E-state index in [1.165, 1.54) is 0 Å². The second-order valence-corrected chi connectivity index (χ2v) is 4.59. The lowest BCUT2D eigenvalue weighted by molar-refractivity contribution is 0.103. The molecule has 0 bridgehead atoms. The standard InChI is InChI=1S/C15H13ClO/c1-10-4-3-5-12(8-10)15(17)14-7-6-13(16)9-11(14)2/h3-9H,1-2H3. The maximum absolute atomic E-state index is 12.3. The van der Waals surface area contributed by atoms with Crippen molar-refractivity contribution in [2.45, 2.75) is 13.8 Å². The molecule has 0 saturated carbocycles. The van der Waals surface area contributed by atoms with E-state index in [0.29, 0.717) is 10.6 Å². The van der Waals surface area contributed by atoms with Crippen LogP contribution in [0.1, 0.15) is 27.0 Å². The number of carbonyl (C=O) groups is 1. The number of rotatable bonds is 2. The van der Waals surface area contributed by atoms with Crippen LogP contribution in [0, 0.1) is 13.8 Å². The quantitative estimate of drug-likeness (QED) is 0.724. The van der Waals surface area contributed by atoms with E-state index in [1.54, 1.807) is 12.1 Å². The highest BCUT2D eigenvalue weighted by molar-refractivity contribution is 6.30. The summed E-state index contributed by atoms with van der Waals surface area (Å²) in [5.41, 5.74) is 3.42. The third-order valence-electron chi connectivity index (χ3n) is 2.71. The summed E-state index contributed by atoms with van der Waals surface area (Å²) in [4.78, 5) is 12.3. The van der Waals surface area contributed by atoms with Crippen molar-refractivity contribution in [3.8, 4) is 0 Å². The molecule has 2 heteroatoms. The van der Waals surface area contributed by atoms with Crippen LogP contribution in [0.3, 0.4) is 0 Å². The van der Waals surface area contributed by atoms with Crippen LogP contribution in [0.2, 0.25) is 5.02 Å². The molecule has 0 amide bonds. The van der Waals surface area contributed by atoms with Crippen molar-refractivity contribution in [3.05, 3.63) is 69.7 Å². The summed E-state index contributed by atoms with van der Waals surface area (Å²) in [6, 6.07) is 12.9. The van der Waals surface area contributed by atoms with E-state index in [2.05, 4.69) is 0 Å². The summed E-state index contributed by atoms with van der Waals surface area (Å²) in [5, 5.41) is 0.656. The Kier molecular flexibility index (Phi) is 3.30. The smallest absolute Gasteiger partial charge is 0.193 e. The van der Waals surface area contributed by atoms with Crippen molar-refractivity contribution in [2.24, 2.45) is 0 Å². The van der Waals surface area contributed by atoms with E-state index in [9.17, 15) is 4.79 Å². The Hall–Kier alpha value is -1.60. The first-order chi connectivity index (χ1) is 8.08. The van der Waals surface area contributed by atoms with Crippen molar-refractivity contribution >= 4 is 17.4 Å². The summed E-state index contributed by atoms with van der Waals surface area (Å²) >= 11 is 5.88. The van der Waals surface area contributed by atoms with Crippen molar-refractivity contribution < 1.29 is 4.79 Å². The molecule has 0 aliphatic carbocycles. The van der Waals surface area contributed by atoms with Crippen molar-refractivity contribution in [1.29, 1.82) is 0 Å². The molecule has 0 N–H and O–H groups in total. The van der Waals surface area contributed by atoms with Gasteiger partial charge in [-0.3, -0.25) is 4.79 Å². The molecule has 2 aromatic carbocycles. The van der Waals surface area contributed by atoms with E-state index in [1.807, 2.05) is 44.2 Å². The van der Waals surface area contributed by atoms with E-state index in [4.69, 9.17) is 11.6 Å². The van der Waals surface area contributed by atoms with Gasteiger partial charge in [-0.05, 0) is 43.7 Å². The molecule has 0 atom stereocenters. The van der Waals surface area contributed by atoms with Crippen LogP contribution in [0.4, 0.5) is 0 Å². The average Bonchev–Trinajstić information content (AvgIpc) is 2.28. The molecule has 17 heavy (non-hydrogen) atoms. The van der Waals surface area contributed by atoms with Crippen LogP contribution in [-0.4, -0.2) is 5.78 Å². The van der Waals surface area contributed by atoms with Gasteiger partial charge in [-0.2, -0.15) is 0 Å². The molecule has 2 rings (SSSR count). The number of carbonyl (C=O) groups excluding carboxylic acids is 1. The van der Waals surface area contributed by atoms with Crippen LogP contribution in [0.15, 0.2) is 42.5 Å². The number of aryl methyl sites for hydroxylation is 2. The molecule has 0 spiro atoms. The SMILES string of the molecule is Cc1cccc(C(=O)c2ccc(Cl)cc2C)c1. The van der Waals surface area contributed by atoms with Crippen LogP contribution >= 0.6 is 11.6 Å². The summed E-state index contributed by atoms with van der Waals surface area (Å²) in [5.74, 6) is 0.0443. The topological polar surface area (TPSA) is 17.1 Å². The largest absolute Gasteiger partial charge is 0.289 e. The first-order valence-corrected chi connectivity index (χ1v) is 5.83. The monoisotopic (exact) mass is 244 g/mol. The fraction of sp³-hybridized carbons (Fsp3) is 0.133. The number of halogens is 1. The van der Waals surface area contributed by atoms with Gasteiger partial charge in [0.25, 0.3) is 0 Å². The predicted octanol–water partition coefficient (Wildman–Crippen LogP) is 4.19. The van der Waals surface area contributed by atoms with Crippen LogP contribution in [0.25, 0.3) is 0 Å². The highest BCUT2D eigenvalue weighted by Gasteiger charge is 2.11. The first-order valence-electron chi connectivity index (χ1n) is 5.45. The lowest BCUT2D eigenvalue weighted by Crippen LogP contribution is -2.03. The Morgan fingerprint density at radius 3 is 2.47 bits per heavy atom. The van der Waals surface area contributed by atoms with Crippen molar-refractivity contribution in [3.63, 3.8) is 0 Å². The second kappa shape index (κ2) is 4.72. The van der Waals surface area contributed by atoms with Crippen LogP contribution in [-0.2, 0) is 0 Å². The number of ketones is 1. The third kappa shape index (κ3) is 2.56. The predicted molar refractivity (Wildman–Crippen MR) is 70.8 cm³/mol. The summed E-state index contributed by atoms with van der Waals surface area (Å²) < 4.78 is 0. The fourth-order valence-corrected chi connectivity index (χ4v) is 2.05. The highest BCUT2D eigenvalue weighted by Crippen LogP contribution is 2.19. The van der Waals surface area contributed by atoms with Crippen LogP contribution in [0.5, 0.6) is 0 Å².